The van der Waals surface area contributed by atoms with Gasteiger partial charge in [-0.15, -0.1) is 11.3 Å². The molecule has 0 radical (unpaired) electrons. The molecular formula is C16H18F3N3S. The second kappa shape index (κ2) is 6.88. The molecule has 23 heavy (non-hydrogen) atoms. The largest absolute Gasteiger partial charge is 0.416 e. The Morgan fingerprint density at radius 1 is 1.04 bits per heavy atom. The van der Waals surface area contributed by atoms with Crippen molar-refractivity contribution in [3.63, 3.8) is 0 Å². The molecule has 1 aliphatic rings. The van der Waals surface area contributed by atoms with Gasteiger partial charge in [-0.1, -0.05) is 12.1 Å². The van der Waals surface area contributed by atoms with Gasteiger partial charge < -0.3 is 4.90 Å². The number of alkyl halides is 3. The van der Waals surface area contributed by atoms with E-state index in [1.165, 1.54) is 0 Å². The van der Waals surface area contributed by atoms with Crippen molar-refractivity contribution in [1.82, 2.24) is 9.88 Å². The molecule has 0 spiro atoms. The van der Waals surface area contributed by atoms with Gasteiger partial charge in [0.2, 0.25) is 0 Å². The molecule has 124 valence electrons. The first-order valence-electron chi connectivity index (χ1n) is 7.55. The summed E-state index contributed by atoms with van der Waals surface area (Å²) >= 11 is 1.64. The van der Waals surface area contributed by atoms with Gasteiger partial charge in [-0.25, -0.2) is 4.98 Å². The molecule has 1 aromatic heterocycles. The number of anilines is 1. The van der Waals surface area contributed by atoms with Gasteiger partial charge in [0.1, 0.15) is 0 Å². The van der Waals surface area contributed by atoms with Crippen LogP contribution in [0, 0.1) is 0 Å². The second-order valence-corrected chi connectivity index (χ2v) is 6.50. The van der Waals surface area contributed by atoms with E-state index < -0.39 is 11.7 Å². The van der Waals surface area contributed by atoms with Crippen molar-refractivity contribution in [2.75, 3.05) is 31.1 Å². The Kier molecular flexibility index (Phi) is 4.87. The third-order valence-corrected chi connectivity index (χ3v) is 4.80. The number of aromatic nitrogens is 1. The van der Waals surface area contributed by atoms with Crippen molar-refractivity contribution in [3.8, 4) is 0 Å². The van der Waals surface area contributed by atoms with Crippen LogP contribution in [0.15, 0.2) is 35.8 Å². The summed E-state index contributed by atoms with van der Waals surface area (Å²) in [7, 11) is 0. The summed E-state index contributed by atoms with van der Waals surface area (Å²) in [5.74, 6) is 0. The van der Waals surface area contributed by atoms with E-state index in [9.17, 15) is 13.2 Å². The molecule has 1 saturated heterocycles. The van der Waals surface area contributed by atoms with Gasteiger partial charge >= 0.3 is 6.18 Å². The molecule has 0 amide bonds. The molecule has 2 heterocycles. The van der Waals surface area contributed by atoms with Gasteiger partial charge in [-0.3, -0.25) is 4.90 Å². The van der Waals surface area contributed by atoms with Crippen molar-refractivity contribution in [2.24, 2.45) is 0 Å². The fourth-order valence-electron chi connectivity index (χ4n) is 2.75. The van der Waals surface area contributed by atoms with E-state index in [2.05, 4.69) is 14.8 Å². The number of hydrogen-bond donors (Lipinski definition) is 0. The van der Waals surface area contributed by atoms with Crippen LogP contribution in [0.1, 0.15) is 17.5 Å². The van der Waals surface area contributed by atoms with Gasteiger partial charge in [0.25, 0.3) is 0 Å². The lowest BCUT2D eigenvalue weighted by atomic mass is 10.1. The zero-order chi connectivity index (χ0) is 16.3. The number of benzene rings is 1. The van der Waals surface area contributed by atoms with E-state index in [-0.39, 0.29) is 0 Å². The third-order valence-electron chi connectivity index (χ3n) is 3.97. The van der Waals surface area contributed by atoms with Gasteiger partial charge in [-0.2, -0.15) is 13.2 Å². The maximum absolute atomic E-state index is 12.6. The van der Waals surface area contributed by atoms with Crippen molar-refractivity contribution in [3.05, 3.63) is 47.0 Å². The lowest BCUT2D eigenvalue weighted by molar-refractivity contribution is -0.137. The highest BCUT2D eigenvalue weighted by Gasteiger charge is 2.30. The van der Waals surface area contributed by atoms with Gasteiger partial charge in [0, 0.05) is 44.3 Å². The summed E-state index contributed by atoms with van der Waals surface area (Å²) in [6, 6.07) is 5.47. The molecule has 3 nitrogen and oxygen atoms in total. The smallest absolute Gasteiger partial charge is 0.347 e. The Morgan fingerprint density at radius 2 is 1.83 bits per heavy atom. The summed E-state index contributed by atoms with van der Waals surface area (Å²) in [6.07, 6.45) is -1.43. The van der Waals surface area contributed by atoms with E-state index in [1.54, 1.807) is 23.5 Å². The van der Waals surface area contributed by atoms with Gasteiger partial charge in [0.05, 0.1) is 5.56 Å². The number of nitrogens with zero attached hydrogens (tertiary/aromatic N) is 3. The standard InChI is InChI=1S/C16H18F3N3S/c17-16(18,19)14-4-2-13(3-5-14)12-21-7-1-8-22(10-9-21)15-20-6-11-23-15/h2-6,11H,1,7-10,12H2. The van der Waals surface area contributed by atoms with Crippen LogP contribution >= 0.6 is 11.3 Å². The predicted molar refractivity (Wildman–Crippen MR) is 85.7 cm³/mol. The van der Waals surface area contributed by atoms with Crippen LogP contribution in [0.4, 0.5) is 18.3 Å². The number of rotatable bonds is 3. The summed E-state index contributed by atoms with van der Waals surface area (Å²) in [5, 5.41) is 3.02. The van der Waals surface area contributed by atoms with Crippen LogP contribution in [0.3, 0.4) is 0 Å². The molecule has 0 saturated carbocycles. The lowest BCUT2D eigenvalue weighted by Crippen LogP contribution is -2.30. The van der Waals surface area contributed by atoms with Crippen LogP contribution in [0.2, 0.25) is 0 Å². The monoisotopic (exact) mass is 341 g/mol. The number of thiazole rings is 1. The van der Waals surface area contributed by atoms with Crippen molar-refractivity contribution in [2.45, 2.75) is 19.1 Å². The predicted octanol–water partition coefficient (Wildman–Crippen LogP) is 3.87. The topological polar surface area (TPSA) is 19.4 Å². The second-order valence-electron chi connectivity index (χ2n) is 5.63. The normalized spacial score (nSPS) is 17.3. The Labute approximate surface area is 137 Å². The highest BCUT2D eigenvalue weighted by atomic mass is 32.1. The zero-order valence-corrected chi connectivity index (χ0v) is 13.4. The number of halogens is 3. The van der Waals surface area contributed by atoms with Gasteiger partial charge in [-0.05, 0) is 24.1 Å². The Balaban J connectivity index is 1.58. The highest BCUT2D eigenvalue weighted by Crippen LogP contribution is 2.29. The van der Waals surface area contributed by atoms with Crippen LogP contribution in [-0.4, -0.2) is 36.1 Å². The van der Waals surface area contributed by atoms with E-state index in [0.29, 0.717) is 6.54 Å². The summed E-state index contributed by atoms with van der Waals surface area (Å²) in [5.41, 5.74) is 0.327. The SMILES string of the molecule is FC(F)(F)c1ccc(CN2CCCN(c3nccs3)CC2)cc1. The van der Waals surface area contributed by atoms with Crippen LogP contribution in [-0.2, 0) is 12.7 Å². The molecule has 0 atom stereocenters. The van der Waals surface area contributed by atoms with Crippen LogP contribution < -0.4 is 4.90 Å². The molecule has 2 aromatic rings. The average Bonchev–Trinajstić information content (AvgIpc) is 2.95. The molecule has 0 aliphatic carbocycles. The molecule has 0 bridgehead atoms. The van der Waals surface area contributed by atoms with E-state index in [1.807, 2.05) is 11.6 Å². The van der Waals surface area contributed by atoms with Crippen molar-refractivity contribution in [1.29, 1.82) is 0 Å². The molecule has 0 unspecified atom stereocenters. The molecule has 1 fully saturated rings. The fraction of sp³-hybridized carbons (Fsp3) is 0.438. The quantitative estimate of drug-likeness (QED) is 0.845. The van der Waals surface area contributed by atoms with E-state index in [4.69, 9.17) is 0 Å². The Morgan fingerprint density at radius 3 is 2.48 bits per heavy atom. The fourth-order valence-corrected chi connectivity index (χ4v) is 3.45. The van der Waals surface area contributed by atoms with Crippen LogP contribution in [0.5, 0.6) is 0 Å². The maximum atomic E-state index is 12.6. The summed E-state index contributed by atoms with van der Waals surface area (Å²) in [6.45, 7) is 4.39. The minimum atomic E-state index is -4.27. The third kappa shape index (κ3) is 4.23. The summed E-state index contributed by atoms with van der Waals surface area (Å²) in [4.78, 5) is 8.91. The molecule has 1 aliphatic heterocycles. The first kappa shape index (κ1) is 16.3. The average molecular weight is 341 g/mol. The molecular weight excluding hydrogens is 323 g/mol. The Hall–Kier alpha value is -1.60. The minimum absolute atomic E-state index is 0.591. The Bertz CT molecular complexity index is 611. The van der Waals surface area contributed by atoms with Gasteiger partial charge in [0.15, 0.2) is 5.13 Å². The summed E-state index contributed by atoms with van der Waals surface area (Å²) < 4.78 is 37.8. The molecule has 1 aromatic carbocycles. The molecule has 0 N–H and O–H groups in total. The maximum Gasteiger partial charge on any atom is 0.416 e. The van der Waals surface area contributed by atoms with E-state index >= 15 is 0 Å². The highest BCUT2D eigenvalue weighted by molar-refractivity contribution is 7.13. The van der Waals surface area contributed by atoms with Crippen molar-refractivity contribution >= 4 is 16.5 Å². The first-order valence-corrected chi connectivity index (χ1v) is 8.43. The van der Waals surface area contributed by atoms with Crippen LogP contribution in [0.25, 0.3) is 0 Å². The minimum Gasteiger partial charge on any atom is -0.347 e. The van der Waals surface area contributed by atoms with E-state index in [0.717, 1.165) is 55.4 Å². The molecule has 3 rings (SSSR count). The molecule has 7 heteroatoms. The zero-order valence-electron chi connectivity index (χ0n) is 12.6. The van der Waals surface area contributed by atoms with Crippen molar-refractivity contribution < 1.29 is 13.2 Å². The lowest BCUT2D eigenvalue weighted by Gasteiger charge is -2.21. The first-order chi connectivity index (χ1) is 11.0. The number of hydrogen-bond acceptors (Lipinski definition) is 4.